The van der Waals surface area contributed by atoms with Crippen LogP contribution in [0.4, 0.5) is 32.3 Å². The quantitative estimate of drug-likeness (QED) is 0.193. The number of amides is 4. The van der Waals surface area contributed by atoms with Gasteiger partial charge in [-0.1, -0.05) is 0 Å². The number of ether oxygens (including phenoxy) is 2. The van der Waals surface area contributed by atoms with Crippen molar-refractivity contribution < 1.29 is 28.9 Å². The first-order valence-corrected chi connectivity index (χ1v) is 10.1. The standard InChI is InChI=1S/C20H24N6O8/c27-19(23-15-1-5-17(6-2-15)25(29)30)21-9-11-33-13-14-34-12-10-22-20(28)24-16-3-7-18(8-4-16)26(31)32/h1-8H,9-14H2,(H2,21,23,27)(H2,22,24,28). The SMILES string of the molecule is O=C(NCCOCCOCCNC(=O)Nc1ccc([N+](=O)[O-])cc1)Nc1ccc([N+](=O)[O-])cc1. The van der Waals surface area contributed by atoms with Crippen LogP contribution < -0.4 is 21.3 Å². The molecule has 0 aromatic heterocycles. The summed E-state index contributed by atoms with van der Waals surface area (Å²) in [5.74, 6) is 0. The van der Waals surface area contributed by atoms with E-state index < -0.39 is 21.9 Å². The Labute approximate surface area is 193 Å². The molecule has 0 spiro atoms. The van der Waals surface area contributed by atoms with Crippen LogP contribution >= 0.6 is 0 Å². The van der Waals surface area contributed by atoms with Gasteiger partial charge in [-0.05, 0) is 24.3 Å². The zero-order valence-electron chi connectivity index (χ0n) is 18.0. The molecule has 2 rings (SSSR count). The van der Waals surface area contributed by atoms with Crippen LogP contribution in [0.1, 0.15) is 0 Å². The number of non-ortho nitro benzene ring substituents is 2. The van der Waals surface area contributed by atoms with E-state index in [9.17, 15) is 29.8 Å². The number of anilines is 2. The summed E-state index contributed by atoms with van der Waals surface area (Å²) in [4.78, 5) is 43.6. The van der Waals surface area contributed by atoms with E-state index in [1.54, 1.807) is 0 Å². The highest BCUT2D eigenvalue weighted by atomic mass is 16.6. The van der Waals surface area contributed by atoms with E-state index in [4.69, 9.17) is 9.47 Å². The van der Waals surface area contributed by atoms with Crippen molar-refractivity contribution in [2.24, 2.45) is 0 Å². The van der Waals surface area contributed by atoms with Gasteiger partial charge in [-0.15, -0.1) is 0 Å². The molecular formula is C20H24N6O8. The van der Waals surface area contributed by atoms with Gasteiger partial charge in [-0.2, -0.15) is 0 Å². The summed E-state index contributed by atoms with van der Waals surface area (Å²) in [7, 11) is 0. The van der Waals surface area contributed by atoms with Crippen molar-refractivity contribution >= 4 is 34.8 Å². The summed E-state index contributed by atoms with van der Waals surface area (Å²) < 4.78 is 10.6. The highest BCUT2D eigenvalue weighted by molar-refractivity contribution is 5.89. The average Bonchev–Trinajstić information content (AvgIpc) is 2.81. The molecular weight excluding hydrogens is 452 g/mol. The molecule has 0 aliphatic carbocycles. The van der Waals surface area contributed by atoms with Gasteiger partial charge in [0.05, 0.1) is 36.3 Å². The summed E-state index contributed by atoms with van der Waals surface area (Å²) >= 11 is 0. The van der Waals surface area contributed by atoms with Gasteiger partial charge in [-0.3, -0.25) is 20.2 Å². The maximum Gasteiger partial charge on any atom is 0.319 e. The van der Waals surface area contributed by atoms with Gasteiger partial charge in [0.2, 0.25) is 0 Å². The first-order chi connectivity index (χ1) is 16.3. The molecule has 0 saturated heterocycles. The molecule has 0 atom stereocenters. The molecule has 0 unspecified atom stereocenters. The molecule has 4 amide bonds. The van der Waals surface area contributed by atoms with Crippen LogP contribution in [0.2, 0.25) is 0 Å². The molecule has 0 heterocycles. The lowest BCUT2D eigenvalue weighted by Gasteiger charge is -2.09. The fourth-order valence-corrected chi connectivity index (χ4v) is 2.48. The molecule has 0 aliphatic heterocycles. The molecule has 0 aliphatic rings. The summed E-state index contributed by atoms with van der Waals surface area (Å²) in [6.45, 7) is 1.60. The number of carbonyl (C=O) groups excluding carboxylic acids is 2. The number of nitrogens with one attached hydrogen (secondary N) is 4. The summed E-state index contributed by atoms with van der Waals surface area (Å²) in [6.07, 6.45) is 0. The first kappa shape index (κ1) is 26.0. The van der Waals surface area contributed by atoms with Crippen LogP contribution in [-0.2, 0) is 9.47 Å². The molecule has 14 heteroatoms. The van der Waals surface area contributed by atoms with Crippen LogP contribution in [0.15, 0.2) is 48.5 Å². The minimum absolute atomic E-state index is 0.0668. The Balaban J connectivity index is 1.44. The molecule has 2 aromatic rings. The summed E-state index contributed by atoms with van der Waals surface area (Å²) in [5, 5.41) is 31.4. The Kier molecular flexibility index (Phi) is 10.7. The lowest BCUT2D eigenvalue weighted by atomic mass is 10.3. The van der Waals surface area contributed by atoms with Crippen molar-refractivity contribution in [3.63, 3.8) is 0 Å². The van der Waals surface area contributed by atoms with Crippen molar-refractivity contribution in [3.05, 3.63) is 68.8 Å². The van der Waals surface area contributed by atoms with E-state index in [1.165, 1.54) is 48.5 Å². The van der Waals surface area contributed by atoms with Gasteiger partial charge in [0, 0.05) is 48.7 Å². The van der Waals surface area contributed by atoms with E-state index >= 15 is 0 Å². The third kappa shape index (κ3) is 9.88. The number of urea groups is 2. The minimum atomic E-state index is -0.525. The van der Waals surface area contributed by atoms with Crippen LogP contribution in [0, 0.1) is 20.2 Å². The maximum absolute atomic E-state index is 11.7. The second-order valence-corrected chi connectivity index (χ2v) is 6.59. The Morgan fingerprint density at radius 2 is 1.00 bits per heavy atom. The first-order valence-electron chi connectivity index (χ1n) is 10.1. The zero-order chi connectivity index (χ0) is 24.8. The molecule has 4 N–H and O–H groups in total. The van der Waals surface area contributed by atoms with Gasteiger partial charge in [0.1, 0.15) is 0 Å². The number of nitro benzene ring substituents is 2. The minimum Gasteiger partial charge on any atom is -0.377 e. The molecule has 0 fully saturated rings. The number of rotatable bonds is 13. The van der Waals surface area contributed by atoms with E-state index in [1.807, 2.05) is 0 Å². The molecule has 34 heavy (non-hydrogen) atoms. The van der Waals surface area contributed by atoms with Crippen LogP contribution in [-0.4, -0.2) is 61.4 Å². The maximum atomic E-state index is 11.7. The van der Waals surface area contributed by atoms with E-state index in [-0.39, 0.29) is 37.7 Å². The number of benzene rings is 2. The van der Waals surface area contributed by atoms with Crippen molar-refractivity contribution in [1.82, 2.24) is 10.6 Å². The smallest absolute Gasteiger partial charge is 0.319 e. The number of nitro groups is 2. The summed E-state index contributed by atoms with van der Waals surface area (Å²) in [5.41, 5.74) is 0.714. The monoisotopic (exact) mass is 476 g/mol. The largest absolute Gasteiger partial charge is 0.377 e. The number of hydrogen-bond donors (Lipinski definition) is 4. The summed E-state index contributed by atoms with van der Waals surface area (Å²) in [6, 6.07) is 9.95. The lowest BCUT2D eigenvalue weighted by molar-refractivity contribution is -0.385. The van der Waals surface area contributed by atoms with Gasteiger partial charge >= 0.3 is 12.1 Å². The Morgan fingerprint density at radius 1 is 0.647 bits per heavy atom. The second-order valence-electron chi connectivity index (χ2n) is 6.59. The predicted octanol–water partition coefficient (Wildman–Crippen LogP) is 2.48. The van der Waals surface area contributed by atoms with Gasteiger partial charge < -0.3 is 30.7 Å². The fourth-order valence-electron chi connectivity index (χ4n) is 2.48. The molecule has 2 aromatic carbocycles. The molecule has 182 valence electrons. The van der Waals surface area contributed by atoms with Crippen molar-refractivity contribution in [2.75, 3.05) is 50.2 Å². The Hall–Kier alpha value is -4.30. The van der Waals surface area contributed by atoms with Gasteiger partial charge in [0.25, 0.3) is 11.4 Å². The van der Waals surface area contributed by atoms with E-state index in [2.05, 4.69) is 21.3 Å². The molecule has 14 nitrogen and oxygen atoms in total. The Bertz CT molecular complexity index is 889. The lowest BCUT2D eigenvalue weighted by Crippen LogP contribution is -2.32. The normalized spacial score (nSPS) is 10.2. The van der Waals surface area contributed by atoms with Crippen molar-refractivity contribution in [3.8, 4) is 0 Å². The Morgan fingerprint density at radius 3 is 1.32 bits per heavy atom. The fraction of sp³-hybridized carbons (Fsp3) is 0.300. The highest BCUT2D eigenvalue weighted by Crippen LogP contribution is 2.16. The highest BCUT2D eigenvalue weighted by Gasteiger charge is 2.07. The third-order valence-corrected chi connectivity index (χ3v) is 4.11. The topological polar surface area (TPSA) is 187 Å². The van der Waals surface area contributed by atoms with Crippen LogP contribution in [0.25, 0.3) is 0 Å². The predicted molar refractivity (Wildman–Crippen MR) is 122 cm³/mol. The zero-order valence-corrected chi connectivity index (χ0v) is 18.0. The van der Waals surface area contributed by atoms with Gasteiger partial charge in [-0.25, -0.2) is 9.59 Å². The molecule has 0 radical (unpaired) electrons. The third-order valence-electron chi connectivity index (χ3n) is 4.11. The number of hydrogen-bond acceptors (Lipinski definition) is 8. The molecule has 0 saturated carbocycles. The van der Waals surface area contributed by atoms with E-state index in [0.717, 1.165) is 0 Å². The average molecular weight is 476 g/mol. The van der Waals surface area contributed by atoms with Crippen LogP contribution in [0.3, 0.4) is 0 Å². The number of nitrogens with zero attached hydrogens (tertiary/aromatic N) is 2. The van der Waals surface area contributed by atoms with Crippen LogP contribution in [0.5, 0.6) is 0 Å². The molecule has 0 bridgehead atoms. The van der Waals surface area contributed by atoms with E-state index in [0.29, 0.717) is 24.6 Å². The van der Waals surface area contributed by atoms with Crippen molar-refractivity contribution in [2.45, 2.75) is 0 Å². The second kappa shape index (κ2) is 14.0. The van der Waals surface area contributed by atoms with Gasteiger partial charge in [0.15, 0.2) is 0 Å². The number of carbonyl (C=O) groups is 2. The van der Waals surface area contributed by atoms with Crippen molar-refractivity contribution in [1.29, 1.82) is 0 Å².